The topological polar surface area (TPSA) is 65.6 Å². The van der Waals surface area contributed by atoms with Crippen LogP contribution in [0.1, 0.15) is 11.8 Å². The third kappa shape index (κ3) is 3.92. The molecule has 0 bridgehead atoms. The predicted molar refractivity (Wildman–Crippen MR) is 69.9 cm³/mol. The number of piperazine rings is 1. The molecule has 5 nitrogen and oxygen atoms in total. The van der Waals surface area contributed by atoms with Crippen LogP contribution in [0.4, 0.5) is 5.13 Å². The van der Waals surface area contributed by atoms with Gasteiger partial charge in [-0.25, -0.2) is 4.98 Å². The van der Waals surface area contributed by atoms with Crippen molar-refractivity contribution < 1.29 is 5.11 Å². The normalized spacial score (nSPS) is 20.6. The minimum absolute atomic E-state index is 0.233. The van der Waals surface area contributed by atoms with Gasteiger partial charge in [-0.1, -0.05) is 0 Å². The van der Waals surface area contributed by atoms with Gasteiger partial charge in [0, 0.05) is 50.3 Å². The second-order valence-electron chi connectivity index (χ2n) is 4.59. The number of aromatic nitrogens is 1. The number of rotatable bonds is 4. The van der Waals surface area contributed by atoms with Gasteiger partial charge in [0.1, 0.15) is 0 Å². The fourth-order valence-corrected chi connectivity index (χ4v) is 2.85. The van der Waals surface area contributed by atoms with Gasteiger partial charge in [0.05, 0.1) is 6.10 Å². The lowest BCUT2D eigenvalue weighted by Gasteiger charge is -2.34. The van der Waals surface area contributed by atoms with Crippen LogP contribution in [-0.2, 0) is 6.54 Å². The summed E-state index contributed by atoms with van der Waals surface area (Å²) in [6.07, 6.45) is 1.63. The number of hydrogen-bond acceptors (Lipinski definition) is 6. The molecule has 0 unspecified atom stereocenters. The molecule has 0 spiro atoms. The molecule has 0 aromatic carbocycles. The van der Waals surface area contributed by atoms with Gasteiger partial charge in [0.25, 0.3) is 0 Å². The molecule has 96 valence electrons. The number of nitrogens with two attached hydrogens (primary N) is 1. The number of nitrogens with zero attached hydrogens (tertiary/aromatic N) is 3. The standard InChI is InChI=1S/C11H20N4OS/c1-9(16)7-14-2-4-15(5-3-14)8-10-6-13-11(12)17-10/h6,9,16H,2-5,7-8H2,1H3,(H2,12,13)/t9-/m0/s1. The summed E-state index contributed by atoms with van der Waals surface area (Å²) in [7, 11) is 0. The molecule has 6 heteroatoms. The zero-order valence-corrected chi connectivity index (χ0v) is 11.0. The fourth-order valence-electron chi connectivity index (χ4n) is 2.12. The first kappa shape index (κ1) is 12.8. The van der Waals surface area contributed by atoms with E-state index in [0.29, 0.717) is 5.13 Å². The third-order valence-electron chi connectivity index (χ3n) is 2.94. The Morgan fingerprint density at radius 3 is 2.59 bits per heavy atom. The van der Waals surface area contributed by atoms with Crippen molar-refractivity contribution in [3.05, 3.63) is 11.1 Å². The second-order valence-corrected chi connectivity index (χ2v) is 5.74. The van der Waals surface area contributed by atoms with Crippen molar-refractivity contribution in [3.63, 3.8) is 0 Å². The first-order valence-corrected chi connectivity index (χ1v) is 6.78. The maximum Gasteiger partial charge on any atom is 0.180 e. The van der Waals surface area contributed by atoms with Crippen LogP contribution in [0.3, 0.4) is 0 Å². The Labute approximate surface area is 106 Å². The molecule has 1 fully saturated rings. The lowest BCUT2D eigenvalue weighted by Crippen LogP contribution is -2.47. The monoisotopic (exact) mass is 256 g/mol. The molecule has 0 aliphatic carbocycles. The van der Waals surface area contributed by atoms with Gasteiger partial charge in [-0.15, -0.1) is 11.3 Å². The van der Waals surface area contributed by atoms with Gasteiger partial charge in [0.15, 0.2) is 5.13 Å². The molecule has 0 amide bonds. The van der Waals surface area contributed by atoms with E-state index in [1.54, 1.807) is 11.3 Å². The fraction of sp³-hybridized carbons (Fsp3) is 0.727. The lowest BCUT2D eigenvalue weighted by atomic mass is 10.2. The molecule has 1 aromatic heterocycles. The summed E-state index contributed by atoms with van der Waals surface area (Å²) in [5.74, 6) is 0. The summed E-state index contributed by atoms with van der Waals surface area (Å²) < 4.78 is 0. The van der Waals surface area contributed by atoms with Crippen molar-refractivity contribution in [2.24, 2.45) is 0 Å². The van der Waals surface area contributed by atoms with E-state index in [4.69, 9.17) is 5.73 Å². The number of thiazole rings is 1. The number of aliphatic hydroxyl groups is 1. The van der Waals surface area contributed by atoms with Gasteiger partial charge in [-0.3, -0.25) is 9.80 Å². The van der Waals surface area contributed by atoms with Crippen LogP contribution in [0.15, 0.2) is 6.20 Å². The molecule has 17 heavy (non-hydrogen) atoms. The summed E-state index contributed by atoms with van der Waals surface area (Å²) in [6, 6.07) is 0. The van der Waals surface area contributed by atoms with Crippen molar-refractivity contribution in [1.29, 1.82) is 0 Å². The van der Waals surface area contributed by atoms with Crippen LogP contribution in [0.2, 0.25) is 0 Å². The van der Waals surface area contributed by atoms with E-state index in [2.05, 4.69) is 14.8 Å². The van der Waals surface area contributed by atoms with Crippen LogP contribution in [0, 0.1) is 0 Å². The van der Waals surface area contributed by atoms with Crippen molar-refractivity contribution in [2.75, 3.05) is 38.5 Å². The highest BCUT2D eigenvalue weighted by Gasteiger charge is 2.18. The quantitative estimate of drug-likeness (QED) is 0.807. The molecule has 1 atom stereocenters. The van der Waals surface area contributed by atoms with Gasteiger partial charge in [0.2, 0.25) is 0 Å². The largest absolute Gasteiger partial charge is 0.392 e. The highest BCUT2D eigenvalue weighted by atomic mass is 32.1. The number of anilines is 1. The molecule has 1 aromatic rings. The van der Waals surface area contributed by atoms with Crippen LogP contribution < -0.4 is 5.73 Å². The zero-order chi connectivity index (χ0) is 12.3. The van der Waals surface area contributed by atoms with E-state index in [1.165, 1.54) is 4.88 Å². The maximum absolute atomic E-state index is 9.33. The van der Waals surface area contributed by atoms with Crippen molar-refractivity contribution >= 4 is 16.5 Å². The average molecular weight is 256 g/mol. The Hall–Kier alpha value is -0.690. The maximum atomic E-state index is 9.33. The lowest BCUT2D eigenvalue weighted by molar-refractivity contribution is 0.0784. The SMILES string of the molecule is C[C@H](O)CN1CCN(Cc2cnc(N)s2)CC1. The molecule has 2 heterocycles. The molecule has 0 saturated carbocycles. The minimum Gasteiger partial charge on any atom is -0.392 e. The number of β-amino-alcohol motifs (C(OH)–C–C–N with tert-alkyl or cyclic N) is 1. The summed E-state index contributed by atoms with van der Waals surface area (Å²) in [6.45, 7) is 7.71. The van der Waals surface area contributed by atoms with Crippen molar-refractivity contribution in [2.45, 2.75) is 19.6 Å². The molecule has 2 rings (SSSR count). The van der Waals surface area contributed by atoms with Crippen molar-refractivity contribution in [3.8, 4) is 0 Å². The van der Waals surface area contributed by atoms with E-state index >= 15 is 0 Å². The summed E-state index contributed by atoms with van der Waals surface area (Å²) >= 11 is 1.56. The van der Waals surface area contributed by atoms with Gasteiger partial charge < -0.3 is 10.8 Å². The smallest absolute Gasteiger partial charge is 0.180 e. The van der Waals surface area contributed by atoms with Crippen LogP contribution in [0.5, 0.6) is 0 Å². The molecule has 3 N–H and O–H groups in total. The zero-order valence-electron chi connectivity index (χ0n) is 10.2. The molecule has 1 aliphatic heterocycles. The average Bonchev–Trinajstić information content (AvgIpc) is 2.66. The van der Waals surface area contributed by atoms with Crippen LogP contribution >= 0.6 is 11.3 Å². The van der Waals surface area contributed by atoms with Crippen molar-refractivity contribution in [1.82, 2.24) is 14.8 Å². The van der Waals surface area contributed by atoms with Gasteiger partial charge in [-0.05, 0) is 6.92 Å². The summed E-state index contributed by atoms with van der Waals surface area (Å²) in [5, 5.41) is 9.98. The number of aliphatic hydroxyl groups excluding tert-OH is 1. The number of nitrogen functional groups attached to an aromatic ring is 1. The first-order chi connectivity index (χ1) is 8.13. The van der Waals surface area contributed by atoms with E-state index in [-0.39, 0.29) is 6.10 Å². The second kappa shape index (κ2) is 5.77. The molecular formula is C11H20N4OS. The van der Waals surface area contributed by atoms with E-state index < -0.39 is 0 Å². The summed E-state index contributed by atoms with van der Waals surface area (Å²) in [5.41, 5.74) is 5.61. The minimum atomic E-state index is -0.233. The Morgan fingerprint density at radius 1 is 1.41 bits per heavy atom. The Bertz CT molecular complexity index is 347. The van der Waals surface area contributed by atoms with Crippen LogP contribution in [-0.4, -0.2) is 58.7 Å². The van der Waals surface area contributed by atoms with Crippen LogP contribution in [0.25, 0.3) is 0 Å². The molecule has 1 aliphatic rings. The van der Waals surface area contributed by atoms with E-state index in [1.807, 2.05) is 13.1 Å². The van der Waals surface area contributed by atoms with Gasteiger partial charge >= 0.3 is 0 Å². The molecule has 0 radical (unpaired) electrons. The predicted octanol–water partition coefficient (Wildman–Crippen LogP) is 0.224. The Kier molecular flexibility index (Phi) is 4.33. The first-order valence-electron chi connectivity index (χ1n) is 5.96. The Morgan fingerprint density at radius 2 is 2.06 bits per heavy atom. The summed E-state index contributed by atoms with van der Waals surface area (Å²) in [4.78, 5) is 10.0. The van der Waals surface area contributed by atoms with Gasteiger partial charge in [-0.2, -0.15) is 0 Å². The number of hydrogen-bond donors (Lipinski definition) is 2. The Balaban J connectivity index is 1.75. The molecule has 1 saturated heterocycles. The highest BCUT2D eigenvalue weighted by Crippen LogP contribution is 2.17. The third-order valence-corrected chi connectivity index (χ3v) is 3.75. The van der Waals surface area contributed by atoms with E-state index in [9.17, 15) is 5.11 Å². The van der Waals surface area contributed by atoms with E-state index in [0.717, 1.165) is 39.3 Å². The highest BCUT2D eigenvalue weighted by molar-refractivity contribution is 7.15. The molecular weight excluding hydrogens is 236 g/mol.